The van der Waals surface area contributed by atoms with Crippen LogP contribution in [0.1, 0.15) is 25.7 Å². The third-order valence-electron chi connectivity index (χ3n) is 3.77. The molecule has 2 aliphatic rings. The second-order valence-corrected chi connectivity index (χ2v) is 4.92. The van der Waals surface area contributed by atoms with Crippen molar-refractivity contribution < 1.29 is 19.4 Å². The number of carboxylic acid groups (broad SMARTS) is 1. The van der Waals surface area contributed by atoms with Crippen LogP contribution in [-0.4, -0.2) is 65.8 Å². The SMILES string of the molecule is COC1CCCN(C(=O)N2CCCC2C(=O)O)C1. The van der Waals surface area contributed by atoms with Crippen LogP contribution in [0.5, 0.6) is 0 Å². The molecule has 102 valence electrons. The minimum atomic E-state index is -0.902. The van der Waals surface area contributed by atoms with Crippen LogP contribution in [0.15, 0.2) is 0 Å². The summed E-state index contributed by atoms with van der Waals surface area (Å²) in [7, 11) is 1.65. The zero-order valence-corrected chi connectivity index (χ0v) is 10.7. The van der Waals surface area contributed by atoms with Gasteiger partial charge in [0.2, 0.25) is 0 Å². The number of likely N-dealkylation sites (tertiary alicyclic amines) is 2. The number of carbonyl (C=O) groups excluding carboxylic acids is 1. The van der Waals surface area contributed by atoms with Crippen molar-refractivity contribution in [2.45, 2.75) is 37.8 Å². The fourth-order valence-corrected chi connectivity index (χ4v) is 2.74. The Kier molecular flexibility index (Phi) is 4.06. The van der Waals surface area contributed by atoms with Crippen molar-refractivity contribution in [3.8, 4) is 0 Å². The molecule has 2 unspecified atom stereocenters. The van der Waals surface area contributed by atoms with Crippen LogP contribution in [0.4, 0.5) is 4.79 Å². The lowest BCUT2D eigenvalue weighted by molar-refractivity contribution is -0.141. The Balaban J connectivity index is 1.99. The van der Waals surface area contributed by atoms with Crippen LogP contribution in [0.3, 0.4) is 0 Å². The zero-order valence-electron chi connectivity index (χ0n) is 10.7. The van der Waals surface area contributed by atoms with Gasteiger partial charge >= 0.3 is 12.0 Å². The number of hydrogen-bond donors (Lipinski definition) is 1. The van der Waals surface area contributed by atoms with Crippen LogP contribution < -0.4 is 0 Å². The summed E-state index contributed by atoms with van der Waals surface area (Å²) in [6, 6.07) is -0.804. The summed E-state index contributed by atoms with van der Waals surface area (Å²) < 4.78 is 5.28. The lowest BCUT2D eigenvalue weighted by Crippen LogP contribution is -2.52. The second kappa shape index (κ2) is 5.56. The van der Waals surface area contributed by atoms with Gasteiger partial charge in [-0.15, -0.1) is 0 Å². The maximum atomic E-state index is 12.3. The Morgan fingerprint density at radius 1 is 1.22 bits per heavy atom. The van der Waals surface area contributed by atoms with Crippen LogP contribution in [0.25, 0.3) is 0 Å². The summed E-state index contributed by atoms with van der Waals surface area (Å²) in [4.78, 5) is 26.6. The average molecular weight is 256 g/mol. The number of methoxy groups -OCH3 is 1. The molecule has 0 radical (unpaired) electrons. The highest BCUT2D eigenvalue weighted by Gasteiger charge is 2.37. The van der Waals surface area contributed by atoms with Gasteiger partial charge in [0.05, 0.1) is 6.10 Å². The summed E-state index contributed by atoms with van der Waals surface area (Å²) in [5, 5.41) is 9.09. The van der Waals surface area contributed by atoms with E-state index < -0.39 is 12.0 Å². The van der Waals surface area contributed by atoms with Gasteiger partial charge in [-0.2, -0.15) is 0 Å². The van der Waals surface area contributed by atoms with E-state index in [9.17, 15) is 9.59 Å². The Hall–Kier alpha value is -1.30. The lowest BCUT2D eigenvalue weighted by Gasteiger charge is -2.35. The molecule has 0 saturated carbocycles. The first-order chi connectivity index (χ1) is 8.63. The number of piperidine rings is 1. The molecule has 2 aliphatic heterocycles. The van der Waals surface area contributed by atoms with Crippen molar-refractivity contribution >= 4 is 12.0 Å². The van der Waals surface area contributed by atoms with Gasteiger partial charge in [-0.1, -0.05) is 0 Å². The lowest BCUT2D eigenvalue weighted by atomic mass is 10.1. The number of carbonyl (C=O) groups is 2. The van der Waals surface area contributed by atoms with E-state index in [1.165, 1.54) is 4.90 Å². The fourth-order valence-electron chi connectivity index (χ4n) is 2.74. The highest BCUT2D eigenvalue weighted by atomic mass is 16.5. The topological polar surface area (TPSA) is 70.1 Å². The molecule has 0 aliphatic carbocycles. The number of carboxylic acids is 1. The van der Waals surface area contributed by atoms with Crippen molar-refractivity contribution in [2.75, 3.05) is 26.7 Å². The Bertz CT molecular complexity index is 334. The monoisotopic (exact) mass is 256 g/mol. The van der Waals surface area contributed by atoms with Gasteiger partial charge in [0.1, 0.15) is 6.04 Å². The van der Waals surface area contributed by atoms with Crippen molar-refractivity contribution in [3.05, 3.63) is 0 Å². The highest BCUT2D eigenvalue weighted by Crippen LogP contribution is 2.21. The summed E-state index contributed by atoms with van der Waals surface area (Å²) in [5.41, 5.74) is 0. The van der Waals surface area contributed by atoms with E-state index in [4.69, 9.17) is 9.84 Å². The normalized spacial score (nSPS) is 28.5. The number of urea groups is 1. The van der Waals surface area contributed by atoms with E-state index in [0.29, 0.717) is 26.1 Å². The van der Waals surface area contributed by atoms with E-state index in [1.807, 2.05) is 0 Å². The smallest absolute Gasteiger partial charge is 0.326 e. The summed E-state index contributed by atoms with van der Waals surface area (Å²) in [5.74, 6) is -0.902. The van der Waals surface area contributed by atoms with Gasteiger partial charge in [-0.25, -0.2) is 9.59 Å². The zero-order chi connectivity index (χ0) is 13.1. The van der Waals surface area contributed by atoms with Crippen molar-refractivity contribution in [1.82, 2.24) is 9.80 Å². The molecule has 18 heavy (non-hydrogen) atoms. The van der Waals surface area contributed by atoms with Crippen molar-refractivity contribution in [1.29, 1.82) is 0 Å². The van der Waals surface area contributed by atoms with Crippen LogP contribution >= 0.6 is 0 Å². The summed E-state index contributed by atoms with van der Waals surface area (Å²) in [6.07, 6.45) is 3.28. The third-order valence-corrected chi connectivity index (χ3v) is 3.77. The fraction of sp³-hybridized carbons (Fsp3) is 0.833. The van der Waals surface area contributed by atoms with Gasteiger partial charge in [-0.05, 0) is 25.7 Å². The molecule has 2 fully saturated rings. The van der Waals surface area contributed by atoms with Crippen LogP contribution in [0, 0.1) is 0 Å². The van der Waals surface area contributed by atoms with Crippen molar-refractivity contribution in [3.63, 3.8) is 0 Å². The molecule has 6 heteroatoms. The van der Waals surface area contributed by atoms with Crippen LogP contribution in [-0.2, 0) is 9.53 Å². The highest BCUT2D eigenvalue weighted by molar-refractivity contribution is 5.83. The quantitative estimate of drug-likeness (QED) is 0.792. The molecule has 0 spiro atoms. The van der Waals surface area contributed by atoms with Gasteiger partial charge in [0, 0.05) is 26.7 Å². The molecule has 0 aromatic carbocycles. The minimum absolute atomic E-state index is 0.0774. The number of hydrogen-bond acceptors (Lipinski definition) is 3. The third kappa shape index (κ3) is 2.58. The molecule has 2 saturated heterocycles. The first-order valence-corrected chi connectivity index (χ1v) is 6.44. The largest absolute Gasteiger partial charge is 0.480 e. The first kappa shape index (κ1) is 13.1. The van der Waals surface area contributed by atoms with E-state index in [0.717, 1.165) is 19.3 Å². The summed E-state index contributed by atoms with van der Waals surface area (Å²) in [6.45, 7) is 1.81. The number of rotatable bonds is 2. The second-order valence-electron chi connectivity index (χ2n) is 4.92. The summed E-state index contributed by atoms with van der Waals surface area (Å²) >= 11 is 0. The Morgan fingerprint density at radius 2 is 1.94 bits per heavy atom. The number of ether oxygens (including phenoxy) is 1. The maximum Gasteiger partial charge on any atom is 0.326 e. The Morgan fingerprint density at radius 3 is 2.61 bits per heavy atom. The first-order valence-electron chi connectivity index (χ1n) is 6.44. The number of nitrogens with zero attached hydrogens (tertiary/aromatic N) is 2. The van der Waals surface area contributed by atoms with E-state index in [1.54, 1.807) is 12.0 Å². The van der Waals surface area contributed by atoms with Crippen LogP contribution in [0.2, 0.25) is 0 Å². The molecule has 2 atom stereocenters. The van der Waals surface area contributed by atoms with Gasteiger partial charge < -0.3 is 19.6 Å². The predicted octanol–water partition coefficient (Wildman–Crippen LogP) is 0.766. The number of amides is 2. The Labute approximate surface area is 106 Å². The molecule has 0 aromatic rings. The standard InChI is InChI=1S/C12H20N2O4/c1-18-9-4-2-6-13(8-9)12(17)14-7-3-5-10(14)11(15)16/h9-10H,2-8H2,1H3,(H,15,16). The molecule has 2 amide bonds. The van der Waals surface area contributed by atoms with Gasteiger partial charge in [-0.3, -0.25) is 0 Å². The van der Waals surface area contributed by atoms with Crippen molar-refractivity contribution in [2.24, 2.45) is 0 Å². The molecule has 1 N–H and O–H groups in total. The molecule has 2 rings (SSSR count). The number of aliphatic carboxylic acids is 1. The maximum absolute atomic E-state index is 12.3. The molecule has 2 heterocycles. The van der Waals surface area contributed by atoms with E-state index >= 15 is 0 Å². The minimum Gasteiger partial charge on any atom is -0.480 e. The molecule has 6 nitrogen and oxygen atoms in total. The average Bonchev–Trinajstić information content (AvgIpc) is 2.87. The molecule has 0 aromatic heterocycles. The van der Waals surface area contributed by atoms with E-state index in [-0.39, 0.29) is 12.1 Å². The molecule has 0 bridgehead atoms. The van der Waals surface area contributed by atoms with Gasteiger partial charge in [0.25, 0.3) is 0 Å². The van der Waals surface area contributed by atoms with Gasteiger partial charge in [0.15, 0.2) is 0 Å². The predicted molar refractivity (Wildman–Crippen MR) is 64.4 cm³/mol. The molecular weight excluding hydrogens is 236 g/mol. The van der Waals surface area contributed by atoms with E-state index in [2.05, 4.69) is 0 Å². The molecular formula is C12H20N2O4.